The van der Waals surface area contributed by atoms with Gasteiger partial charge in [-0.1, -0.05) is 75.4 Å². The smallest absolute Gasteiger partial charge is 0.137 e. The quantitative estimate of drug-likeness (QED) is 0.198. The van der Waals surface area contributed by atoms with E-state index in [1.54, 1.807) is 5.56 Å². The summed E-state index contributed by atoms with van der Waals surface area (Å²) in [7, 11) is 0. The number of aromatic nitrogens is 3. The lowest BCUT2D eigenvalue weighted by molar-refractivity contribution is -0.00513. The van der Waals surface area contributed by atoms with Crippen LogP contribution in [0.25, 0.3) is 55.1 Å². The molecule has 4 aliphatic carbocycles. The summed E-state index contributed by atoms with van der Waals surface area (Å²) in [6, 6.07) is 36.5. The highest BCUT2D eigenvalue weighted by Crippen LogP contribution is 2.61. The average molecular weight is 600 g/mol. The minimum atomic E-state index is 0.0924. The minimum absolute atomic E-state index is 0.0924. The molecule has 0 amide bonds. The van der Waals surface area contributed by atoms with Crippen LogP contribution in [0, 0.1) is 17.8 Å². The van der Waals surface area contributed by atoms with Crippen molar-refractivity contribution in [1.29, 1.82) is 0 Å². The summed E-state index contributed by atoms with van der Waals surface area (Å²) in [6.45, 7) is 6.86. The van der Waals surface area contributed by atoms with Crippen molar-refractivity contribution >= 4 is 43.6 Å². The second-order valence-corrected chi connectivity index (χ2v) is 16.0. The van der Waals surface area contributed by atoms with Crippen molar-refractivity contribution in [2.24, 2.45) is 17.8 Å². The van der Waals surface area contributed by atoms with Gasteiger partial charge in [0.2, 0.25) is 0 Å². The summed E-state index contributed by atoms with van der Waals surface area (Å²) < 4.78 is 4.80. The van der Waals surface area contributed by atoms with Crippen LogP contribution in [0.2, 0.25) is 0 Å². The van der Waals surface area contributed by atoms with Crippen molar-refractivity contribution in [2.45, 2.75) is 70.1 Å². The average Bonchev–Trinajstić information content (AvgIpc) is 3.56. The van der Waals surface area contributed by atoms with E-state index in [1.165, 1.54) is 87.7 Å². The maximum atomic E-state index is 5.18. The number of benzene rings is 4. The van der Waals surface area contributed by atoms with E-state index >= 15 is 0 Å². The van der Waals surface area contributed by atoms with Crippen molar-refractivity contribution in [3.63, 3.8) is 0 Å². The Bertz CT molecular complexity index is 2290. The van der Waals surface area contributed by atoms with Gasteiger partial charge >= 0.3 is 0 Å². The van der Waals surface area contributed by atoms with Crippen molar-refractivity contribution in [3.05, 3.63) is 114 Å². The van der Waals surface area contributed by atoms with Crippen LogP contribution >= 0.6 is 0 Å². The van der Waals surface area contributed by atoms with Gasteiger partial charge < -0.3 is 4.57 Å². The molecule has 4 saturated carbocycles. The van der Waals surface area contributed by atoms with Crippen LogP contribution < -0.4 is 0 Å². The third-order valence-electron chi connectivity index (χ3n) is 12.1. The van der Waals surface area contributed by atoms with Gasteiger partial charge in [0.15, 0.2) is 0 Å². The van der Waals surface area contributed by atoms with Gasteiger partial charge in [-0.3, -0.25) is 4.57 Å². The second kappa shape index (κ2) is 9.35. The summed E-state index contributed by atoms with van der Waals surface area (Å²) >= 11 is 0. The van der Waals surface area contributed by atoms with Crippen LogP contribution in [-0.4, -0.2) is 14.1 Å². The van der Waals surface area contributed by atoms with E-state index in [0.717, 1.165) is 29.3 Å². The molecule has 7 aromatic rings. The molecule has 4 aromatic carbocycles. The number of para-hydroxylation sites is 2. The molecule has 11 rings (SSSR count). The summed E-state index contributed by atoms with van der Waals surface area (Å²) in [5.74, 6) is 3.76. The predicted molar refractivity (Wildman–Crippen MR) is 191 cm³/mol. The fraction of sp³-hybridized carbons (Fsp3) is 0.326. The van der Waals surface area contributed by atoms with Gasteiger partial charge in [0, 0.05) is 21.5 Å². The van der Waals surface area contributed by atoms with Crippen molar-refractivity contribution in [1.82, 2.24) is 14.1 Å². The fourth-order valence-corrected chi connectivity index (χ4v) is 10.4. The minimum Gasteiger partial charge on any atom is -0.308 e. The zero-order valence-corrected chi connectivity index (χ0v) is 27.1. The zero-order chi connectivity index (χ0) is 30.8. The lowest BCUT2D eigenvalue weighted by Crippen LogP contribution is -2.48. The Hall–Kier alpha value is -4.37. The summed E-state index contributed by atoms with van der Waals surface area (Å²) in [6.07, 6.45) is 10.7. The maximum absolute atomic E-state index is 5.18. The van der Waals surface area contributed by atoms with Crippen LogP contribution in [0.4, 0.5) is 0 Å². The Labute approximate surface area is 270 Å². The molecule has 46 heavy (non-hydrogen) atoms. The van der Waals surface area contributed by atoms with Gasteiger partial charge in [-0.2, -0.15) is 0 Å². The molecule has 3 heteroatoms. The Morgan fingerprint density at radius 3 is 1.85 bits per heavy atom. The van der Waals surface area contributed by atoms with E-state index in [2.05, 4.69) is 133 Å². The molecule has 0 spiro atoms. The normalized spacial score (nSPS) is 24.2. The first-order valence-corrected chi connectivity index (χ1v) is 17.4. The van der Waals surface area contributed by atoms with E-state index in [1.807, 2.05) is 0 Å². The van der Waals surface area contributed by atoms with Gasteiger partial charge in [0.25, 0.3) is 0 Å². The van der Waals surface area contributed by atoms with Crippen LogP contribution in [-0.2, 0) is 10.8 Å². The van der Waals surface area contributed by atoms with Gasteiger partial charge in [0.1, 0.15) is 5.82 Å². The SMILES string of the molecule is CC(C)(C)c1ccc2c(c1)c1ccccc1n2-c1ccc(-n2c3ccccc3c3ccc(C45CC6CC(CC(C6)C4)C5)cc32)cn1. The maximum Gasteiger partial charge on any atom is 0.137 e. The molecule has 0 saturated heterocycles. The third-order valence-corrected chi connectivity index (χ3v) is 12.1. The van der Waals surface area contributed by atoms with Crippen molar-refractivity contribution < 1.29 is 0 Å². The van der Waals surface area contributed by atoms with Crippen LogP contribution in [0.15, 0.2) is 103 Å². The van der Waals surface area contributed by atoms with E-state index in [4.69, 9.17) is 4.98 Å². The molecule has 3 nitrogen and oxygen atoms in total. The molecule has 3 aromatic heterocycles. The molecular formula is C43H41N3. The number of hydrogen-bond acceptors (Lipinski definition) is 1. The zero-order valence-electron chi connectivity index (χ0n) is 27.1. The molecule has 228 valence electrons. The first-order valence-electron chi connectivity index (χ1n) is 17.4. The monoisotopic (exact) mass is 599 g/mol. The largest absolute Gasteiger partial charge is 0.308 e. The summed E-state index contributed by atoms with van der Waals surface area (Å²) in [5.41, 5.74) is 9.47. The first kappa shape index (κ1) is 26.8. The highest BCUT2D eigenvalue weighted by molar-refractivity contribution is 6.10. The van der Waals surface area contributed by atoms with E-state index in [-0.39, 0.29) is 5.41 Å². The number of nitrogens with zero attached hydrogens (tertiary/aromatic N) is 3. The van der Waals surface area contributed by atoms with E-state index in [9.17, 15) is 0 Å². The molecular weight excluding hydrogens is 558 g/mol. The molecule has 0 radical (unpaired) electrons. The Kier molecular flexibility index (Phi) is 5.45. The molecule has 0 aliphatic heterocycles. The van der Waals surface area contributed by atoms with Gasteiger partial charge in [-0.25, -0.2) is 4.98 Å². The summed E-state index contributed by atoms with van der Waals surface area (Å²) in [4.78, 5) is 5.18. The first-order chi connectivity index (χ1) is 22.3. The fourth-order valence-electron chi connectivity index (χ4n) is 10.4. The van der Waals surface area contributed by atoms with Crippen LogP contribution in [0.1, 0.15) is 70.4 Å². The molecule has 4 fully saturated rings. The number of hydrogen-bond donors (Lipinski definition) is 0. The van der Waals surface area contributed by atoms with Gasteiger partial charge in [0.05, 0.1) is 34.0 Å². The van der Waals surface area contributed by atoms with E-state index in [0.29, 0.717) is 5.41 Å². The predicted octanol–water partition coefficient (Wildman–Crippen LogP) is 11.0. The van der Waals surface area contributed by atoms with Gasteiger partial charge in [-0.15, -0.1) is 0 Å². The van der Waals surface area contributed by atoms with Gasteiger partial charge in [-0.05, 0) is 121 Å². The lowest BCUT2D eigenvalue weighted by atomic mass is 9.48. The van der Waals surface area contributed by atoms with Crippen molar-refractivity contribution in [3.8, 4) is 11.5 Å². The number of pyridine rings is 1. The lowest BCUT2D eigenvalue weighted by Gasteiger charge is -2.57. The second-order valence-electron chi connectivity index (χ2n) is 16.0. The highest BCUT2D eigenvalue weighted by atomic mass is 15.1. The Morgan fingerprint density at radius 1 is 0.587 bits per heavy atom. The summed E-state index contributed by atoms with van der Waals surface area (Å²) in [5, 5.41) is 5.21. The van der Waals surface area contributed by atoms with E-state index < -0.39 is 0 Å². The van der Waals surface area contributed by atoms with Crippen molar-refractivity contribution in [2.75, 3.05) is 0 Å². The van der Waals surface area contributed by atoms with Crippen LogP contribution in [0.5, 0.6) is 0 Å². The third kappa shape index (κ3) is 3.81. The molecule has 0 atom stereocenters. The topological polar surface area (TPSA) is 22.8 Å². The van der Waals surface area contributed by atoms with Crippen LogP contribution in [0.3, 0.4) is 0 Å². The molecule has 3 heterocycles. The number of rotatable bonds is 3. The molecule has 4 aliphatic rings. The Balaban J connectivity index is 1.13. The Morgan fingerprint density at radius 2 is 1.20 bits per heavy atom. The number of fused-ring (bicyclic) bond motifs is 6. The molecule has 0 N–H and O–H groups in total. The molecule has 0 unspecified atom stereocenters. The standard InChI is InChI=1S/C43H41N3/c1-42(2,3)30-13-16-39-36(21-30)34-9-5-7-11-38(34)46(39)41-17-14-32(26-44-41)45-37-10-6-4-8-33(37)35-15-12-31(22-40(35)45)43-23-27-18-28(24-43)20-29(19-27)25-43/h4-17,21-22,26-29H,18-20,23-25H2,1-3H3. The molecule has 4 bridgehead atoms. The highest BCUT2D eigenvalue weighted by Gasteiger charge is 2.51.